The van der Waals surface area contributed by atoms with Crippen molar-refractivity contribution in [3.8, 4) is 17.0 Å². The maximum absolute atomic E-state index is 13.4. The van der Waals surface area contributed by atoms with Gasteiger partial charge in [0.2, 0.25) is 0 Å². The summed E-state index contributed by atoms with van der Waals surface area (Å²) in [6.07, 6.45) is -3.40. The average Bonchev–Trinajstić information content (AvgIpc) is 3.36. The van der Waals surface area contributed by atoms with E-state index in [1.807, 2.05) is 24.8 Å². The number of piperazine rings is 1. The van der Waals surface area contributed by atoms with Crippen molar-refractivity contribution in [2.24, 2.45) is 0 Å². The summed E-state index contributed by atoms with van der Waals surface area (Å²) in [6, 6.07) is 19.3. The Labute approximate surface area is 299 Å². The summed E-state index contributed by atoms with van der Waals surface area (Å²) in [4.78, 5) is 38.7. The number of rotatable bonds is 12. The molecular formula is C36H38BF3N6O6. The van der Waals surface area contributed by atoms with Crippen LogP contribution in [0.15, 0.2) is 79.1 Å². The van der Waals surface area contributed by atoms with Crippen molar-refractivity contribution in [1.29, 1.82) is 0 Å². The highest BCUT2D eigenvalue weighted by Crippen LogP contribution is 2.30. The summed E-state index contributed by atoms with van der Waals surface area (Å²) in [7, 11) is -0.995. The fourth-order valence-electron chi connectivity index (χ4n) is 6.11. The third-order valence-corrected chi connectivity index (χ3v) is 8.81. The largest absolute Gasteiger partial charge is 0.573 e. The first-order valence-electron chi connectivity index (χ1n) is 16.8. The number of nitrogens with zero attached hydrogens (tertiary/aromatic N) is 4. The molecule has 16 heteroatoms. The van der Waals surface area contributed by atoms with Crippen LogP contribution < -0.4 is 20.8 Å². The SMILES string of the molecule is CC1(C)OB(O)c2ccc(C(=O)NCCOCCN3CCN(C(=O)c4cccc(-c5cc(Nc6ccc(OC(F)(F)F)cc6)ncn5)c4)CC3)cc21. The van der Waals surface area contributed by atoms with Crippen molar-refractivity contribution in [2.75, 3.05) is 57.8 Å². The normalized spacial score (nSPS) is 15.7. The van der Waals surface area contributed by atoms with E-state index in [0.717, 1.165) is 5.56 Å². The van der Waals surface area contributed by atoms with E-state index in [1.165, 1.54) is 30.6 Å². The van der Waals surface area contributed by atoms with Gasteiger partial charge in [0.05, 0.1) is 24.5 Å². The molecule has 1 saturated heterocycles. The molecule has 0 radical (unpaired) electrons. The minimum atomic E-state index is -4.77. The van der Waals surface area contributed by atoms with Gasteiger partial charge in [0.15, 0.2) is 0 Å². The molecule has 52 heavy (non-hydrogen) atoms. The maximum Gasteiger partial charge on any atom is 0.573 e. The van der Waals surface area contributed by atoms with E-state index in [9.17, 15) is 27.8 Å². The molecule has 6 rings (SSSR count). The minimum absolute atomic E-state index is 0.0855. The maximum atomic E-state index is 13.4. The van der Waals surface area contributed by atoms with Gasteiger partial charge in [0.25, 0.3) is 11.8 Å². The number of ether oxygens (including phenoxy) is 2. The zero-order valence-corrected chi connectivity index (χ0v) is 28.7. The molecule has 0 unspecified atom stereocenters. The fourth-order valence-corrected chi connectivity index (χ4v) is 6.11. The number of halogens is 3. The number of hydrogen-bond donors (Lipinski definition) is 3. The summed E-state index contributed by atoms with van der Waals surface area (Å²) in [5.74, 6) is -0.213. The van der Waals surface area contributed by atoms with E-state index in [2.05, 4.69) is 30.2 Å². The highest BCUT2D eigenvalue weighted by molar-refractivity contribution is 6.62. The Morgan fingerprint density at radius 1 is 0.962 bits per heavy atom. The number of carbonyl (C=O) groups is 2. The number of hydrogen-bond acceptors (Lipinski definition) is 10. The molecule has 4 aromatic rings. The van der Waals surface area contributed by atoms with Crippen LogP contribution in [0.5, 0.6) is 5.75 Å². The molecule has 0 spiro atoms. The van der Waals surface area contributed by atoms with Gasteiger partial charge in [-0.2, -0.15) is 0 Å². The van der Waals surface area contributed by atoms with E-state index in [0.29, 0.717) is 91.8 Å². The predicted octanol–water partition coefficient (Wildman–Crippen LogP) is 3.94. The molecule has 1 aromatic heterocycles. The lowest BCUT2D eigenvalue weighted by Crippen LogP contribution is -2.49. The van der Waals surface area contributed by atoms with Gasteiger partial charge in [-0.3, -0.25) is 14.5 Å². The van der Waals surface area contributed by atoms with Crippen LogP contribution in [0.3, 0.4) is 0 Å². The van der Waals surface area contributed by atoms with Gasteiger partial charge in [0.1, 0.15) is 17.9 Å². The van der Waals surface area contributed by atoms with Crippen LogP contribution in [-0.4, -0.2) is 103 Å². The number of carbonyl (C=O) groups excluding carboxylic acids is 2. The molecule has 3 N–H and O–H groups in total. The fraction of sp³-hybridized carbons (Fsp3) is 0.333. The summed E-state index contributed by atoms with van der Waals surface area (Å²) in [5.41, 5.74) is 3.59. The van der Waals surface area contributed by atoms with E-state index in [-0.39, 0.29) is 17.6 Å². The van der Waals surface area contributed by atoms with Gasteiger partial charge in [-0.15, -0.1) is 13.2 Å². The first kappa shape index (κ1) is 36.8. The Morgan fingerprint density at radius 2 is 1.73 bits per heavy atom. The molecule has 2 aliphatic heterocycles. The van der Waals surface area contributed by atoms with Crippen molar-refractivity contribution in [1.82, 2.24) is 25.1 Å². The van der Waals surface area contributed by atoms with Gasteiger partial charge < -0.3 is 34.7 Å². The smallest absolute Gasteiger partial charge is 0.423 e. The topological polar surface area (TPSA) is 138 Å². The van der Waals surface area contributed by atoms with Gasteiger partial charge in [-0.05, 0) is 73.4 Å². The quantitative estimate of drug-likeness (QED) is 0.146. The highest BCUT2D eigenvalue weighted by atomic mass is 19.4. The summed E-state index contributed by atoms with van der Waals surface area (Å²) < 4.78 is 52.6. The van der Waals surface area contributed by atoms with E-state index in [4.69, 9.17) is 9.39 Å². The van der Waals surface area contributed by atoms with Crippen LogP contribution in [0, 0.1) is 0 Å². The Kier molecular flexibility index (Phi) is 11.1. The first-order chi connectivity index (χ1) is 24.8. The number of anilines is 2. The van der Waals surface area contributed by atoms with Crippen molar-refractivity contribution in [2.45, 2.75) is 25.8 Å². The molecule has 2 amide bonds. The zero-order valence-electron chi connectivity index (χ0n) is 28.7. The number of nitrogens with one attached hydrogen (secondary N) is 2. The minimum Gasteiger partial charge on any atom is -0.423 e. The second-order valence-corrected chi connectivity index (χ2v) is 12.9. The van der Waals surface area contributed by atoms with Crippen molar-refractivity contribution in [3.63, 3.8) is 0 Å². The average molecular weight is 719 g/mol. The molecular weight excluding hydrogens is 680 g/mol. The Morgan fingerprint density at radius 3 is 2.48 bits per heavy atom. The lowest BCUT2D eigenvalue weighted by Gasteiger charge is -2.34. The Hall–Kier alpha value is -5.03. The van der Waals surface area contributed by atoms with E-state index in [1.54, 1.807) is 42.5 Å². The molecule has 3 heterocycles. The number of alkyl halides is 3. The van der Waals surface area contributed by atoms with Crippen LogP contribution in [0.1, 0.15) is 40.1 Å². The van der Waals surface area contributed by atoms with Crippen LogP contribution in [0.4, 0.5) is 24.7 Å². The second kappa shape index (κ2) is 15.7. The lowest BCUT2D eigenvalue weighted by atomic mass is 9.78. The number of aromatic nitrogens is 2. The number of amides is 2. The second-order valence-electron chi connectivity index (χ2n) is 12.9. The van der Waals surface area contributed by atoms with Crippen LogP contribution >= 0.6 is 0 Å². The van der Waals surface area contributed by atoms with Gasteiger partial charge in [-0.1, -0.05) is 18.2 Å². The van der Waals surface area contributed by atoms with Gasteiger partial charge in [-0.25, -0.2) is 9.97 Å². The molecule has 12 nitrogen and oxygen atoms in total. The molecule has 1 fully saturated rings. The van der Waals surface area contributed by atoms with Crippen LogP contribution in [0.2, 0.25) is 0 Å². The summed E-state index contributed by atoms with van der Waals surface area (Å²) >= 11 is 0. The lowest BCUT2D eigenvalue weighted by molar-refractivity contribution is -0.274. The van der Waals surface area contributed by atoms with Crippen molar-refractivity contribution < 1.29 is 41.9 Å². The molecule has 272 valence electrons. The van der Waals surface area contributed by atoms with E-state index >= 15 is 0 Å². The molecule has 2 aliphatic rings. The first-order valence-corrected chi connectivity index (χ1v) is 16.8. The third-order valence-electron chi connectivity index (χ3n) is 8.81. The standard InChI is InChI=1S/C36H38BF3N6O6/c1-35(2)29-21-25(6-11-30(29)37(49)52-35)33(47)41-12-18-50-19-17-45-13-15-46(16-14-45)34(48)26-5-3-4-24(20-26)31-22-32(43-23-42-31)44-27-7-9-28(10-8-27)51-36(38,39)40/h3-11,20-23,49H,12-19H2,1-2H3,(H,41,47)(H,42,43,44). The van der Waals surface area contributed by atoms with Gasteiger partial charge >= 0.3 is 13.5 Å². The summed E-state index contributed by atoms with van der Waals surface area (Å²) in [5, 5.41) is 16.0. The molecule has 0 atom stereocenters. The van der Waals surface area contributed by atoms with Gasteiger partial charge in [0, 0.05) is 67.7 Å². The van der Waals surface area contributed by atoms with Crippen LogP contribution in [0.25, 0.3) is 11.3 Å². The highest BCUT2D eigenvalue weighted by Gasteiger charge is 2.40. The van der Waals surface area contributed by atoms with Crippen molar-refractivity contribution in [3.05, 3.63) is 95.8 Å². The molecule has 0 bridgehead atoms. The monoisotopic (exact) mass is 718 g/mol. The zero-order chi connectivity index (χ0) is 36.9. The van der Waals surface area contributed by atoms with Crippen molar-refractivity contribution >= 4 is 35.9 Å². The Balaban J connectivity index is 0.921. The summed E-state index contributed by atoms with van der Waals surface area (Å²) in [6.45, 7) is 8.12. The predicted molar refractivity (Wildman–Crippen MR) is 188 cm³/mol. The Bertz CT molecular complexity index is 1890. The molecule has 0 saturated carbocycles. The number of fused-ring (bicyclic) bond motifs is 1. The van der Waals surface area contributed by atoms with E-state index < -0.39 is 19.1 Å². The molecule has 0 aliphatic carbocycles. The number of benzene rings is 3. The third kappa shape index (κ3) is 9.25. The van der Waals surface area contributed by atoms with Crippen LogP contribution in [-0.2, 0) is 15.0 Å². The molecule has 3 aromatic carbocycles.